The lowest BCUT2D eigenvalue weighted by Crippen LogP contribution is -2.23. The monoisotopic (exact) mass is 227 g/mol. The predicted octanol–water partition coefficient (Wildman–Crippen LogP) is 4.37. The Kier molecular flexibility index (Phi) is 4.51. The molecule has 0 spiro atoms. The van der Waals surface area contributed by atoms with Gasteiger partial charge in [-0.3, -0.25) is 0 Å². The van der Waals surface area contributed by atoms with Crippen LogP contribution < -0.4 is 0 Å². The normalized spacial score (nSPS) is 15.1. The van der Waals surface area contributed by atoms with Crippen molar-refractivity contribution < 1.29 is 8.81 Å². The highest BCUT2D eigenvalue weighted by atomic mass is 19.1. The highest BCUT2D eigenvalue weighted by molar-refractivity contribution is 5.13. The summed E-state index contributed by atoms with van der Waals surface area (Å²) in [6, 6.07) is -0.496. The van der Waals surface area contributed by atoms with E-state index in [0.29, 0.717) is 11.6 Å². The number of hydrogen-bond donors (Lipinski definition) is 0. The van der Waals surface area contributed by atoms with Gasteiger partial charge in [0.2, 0.25) is 0 Å². The van der Waals surface area contributed by atoms with E-state index >= 15 is 0 Å². The third-order valence-corrected chi connectivity index (χ3v) is 3.15. The van der Waals surface area contributed by atoms with Crippen LogP contribution in [0.4, 0.5) is 4.39 Å². The zero-order chi connectivity index (χ0) is 12.2. The predicted molar refractivity (Wildman–Crippen MR) is 63.0 cm³/mol. The molecule has 0 saturated heterocycles. The molecule has 0 aromatic carbocycles. The van der Waals surface area contributed by atoms with Gasteiger partial charge in [0.05, 0.1) is 0 Å². The highest BCUT2D eigenvalue weighted by Crippen LogP contribution is 2.35. The maximum Gasteiger partial charge on any atom is 0.301 e. The summed E-state index contributed by atoms with van der Waals surface area (Å²) in [7, 11) is 0. The summed E-state index contributed by atoms with van der Waals surface area (Å²) in [6.45, 7) is 8.05. The van der Waals surface area contributed by atoms with Crippen LogP contribution in [0.25, 0.3) is 0 Å². The second kappa shape index (κ2) is 5.46. The Hall–Kier alpha value is -0.860. The van der Waals surface area contributed by atoms with E-state index in [-0.39, 0.29) is 5.41 Å². The SMILES string of the molecule is CCCCC(C)(CCC)c1nc(C)oc1F. The molecule has 92 valence electrons. The lowest BCUT2D eigenvalue weighted by Gasteiger charge is -2.26. The first-order valence-corrected chi connectivity index (χ1v) is 6.17. The van der Waals surface area contributed by atoms with Crippen LogP contribution >= 0.6 is 0 Å². The first-order valence-electron chi connectivity index (χ1n) is 6.17. The maximum absolute atomic E-state index is 13.6. The molecule has 0 aliphatic rings. The molecule has 0 amide bonds. The Morgan fingerprint density at radius 3 is 2.38 bits per heavy atom. The summed E-state index contributed by atoms with van der Waals surface area (Å²) in [5.74, 6) is 0.423. The second-order valence-electron chi connectivity index (χ2n) is 4.77. The number of rotatable bonds is 6. The van der Waals surface area contributed by atoms with E-state index in [0.717, 1.165) is 32.1 Å². The van der Waals surface area contributed by atoms with Gasteiger partial charge in [-0.05, 0) is 12.8 Å². The lowest BCUT2D eigenvalue weighted by atomic mass is 9.78. The molecule has 0 aliphatic heterocycles. The molecule has 3 heteroatoms. The fourth-order valence-electron chi connectivity index (χ4n) is 2.25. The molecule has 1 heterocycles. The van der Waals surface area contributed by atoms with Gasteiger partial charge in [-0.1, -0.05) is 40.0 Å². The molecule has 0 fully saturated rings. The van der Waals surface area contributed by atoms with Gasteiger partial charge in [-0.2, -0.15) is 4.39 Å². The number of aryl methyl sites for hydroxylation is 1. The van der Waals surface area contributed by atoms with Crippen LogP contribution in [0.3, 0.4) is 0 Å². The minimum absolute atomic E-state index is 0.174. The topological polar surface area (TPSA) is 26.0 Å². The summed E-state index contributed by atoms with van der Waals surface area (Å²) >= 11 is 0. The van der Waals surface area contributed by atoms with E-state index in [9.17, 15) is 4.39 Å². The molecular formula is C13H22FNO. The lowest BCUT2D eigenvalue weighted by molar-refractivity contribution is 0.305. The molecule has 0 N–H and O–H groups in total. The first-order chi connectivity index (χ1) is 7.53. The van der Waals surface area contributed by atoms with Crippen molar-refractivity contribution in [1.82, 2.24) is 4.98 Å². The van der Waals surface area contributed by atoms with Crippen LogP contribution in [0.5, 0.6) is 0 Å². The van der Waals surface area contributed by atoms with Crippen molar-refractivity contribution in [3.8, 4) is 0 Å². The molecule has 1 unspecified atom stereocenters. The van der Waals surface area contributed by atoms with Crippen LogP contribution in [0.2, 0.25) is 0 Å². The molecular weight excluding hydrogens is 205 g/mol. The number of halogens is 1. The van der Waals surface area contributed by atoms with Gasteiger partial charge in [0, 0.05) is 12.3 Å². The highest BCUT2D eigenvalue weighted by Gasteiger charge is 2.32. The molecule has 0 aliphatic carbocycles. The van der Waals surface area contributed by atoms with Gasteiger partial charge >= 0.3 is 6.01 Å². The number of unbranched alkanes of at least 4 members (excludes halogenated alkanes) is 1. The van der Waals surface area contributed by atoms with Crippen LogP contribution in [-0.2, 0) is 5.41 Å². The number of nitrogens with zero attached hydrogens (tertiary/aromatic N) is 1. The van der Waals surface area contributed by atoms with Crippen molar-refractivity contribution in [3.63, 3.8) is 0 Å². The van der Waals surface area contributed by atoms with E-state index in [2.05, 4.69) is 25.8 Å². The summed E-state index contributed by atoms with van der Waals surface area (Å²) in [5.41, 5.74) is 0.340. The molecule has 1 rings (SSSR count). The van der Waals surface area contributed by atoms with Gasteiger partial charge in [0.25, 0.3) is 0 Å². The summed E-state index contributed by atoms with van der Waals surface area (Å²) < 4.78 is 18.5. The smallest absolute Gasteiger partial charge is 0.301 e. The van der Waals surface area contributed by atoms with E-state index in [1.165, 1.54) is 0 Å². The molecule has 1 aromatic heterocycles. The van der Waals surface area contributed by atoms with Crippen molar-refractivity contribution in [3.05, 3.63) is 17.6 Å². The third-order valence-electron chi connectivity index (χ3n) is 3.15. The molecule has 16 heavy (non-hydrogen) atoms. The van der Waals surface area contributed by atoms with Gasteiger partial charge in [-0.15, -0.1) is 0 Å². The van der Waals surface area contributed by atoms with E-state index in [1.54, 1.807) is 6.92 Å². The van der Waals surface area contributed by atoms with Crippen molar-refractivity contribution in [2.75, 3.05) is 0 Å². The summed E-state index contributed by atoms with van der Waals surface area (Å²) in [4.78, 5) is 4.21. The second-order valence-corrected chi connectivity index (χ2v) is 4.77. The van der Waals surface area contributed by atoms with Crippen LogP contribution in [0.1, 0.15) is 64.5 Å². The zero-order valence-electron chi connectivity index (χ0n) is 10.8. The Bertz CT molecular complexity index is 335. The molecule has 1 aromatic rings. The van der Waals surface area contributed by atoms with Gasteiger partial charge in [0.15, 0.2) is 5.89 Å². The Labute approximate surface area is 97.3 Å². The fraction of sp³-hybridized carbons (Fsp3) is 0.769. The Morgan fingerprint density at radius 2 is 1.94 bits per heavy atom. The van der Waals surface area contributed by atoms with Crippen molar-refractivity contribution >= 4 is 0 Å². The van der Waals surface area contributed by atoms with Gasteiger partial charge in [-0.25, -0.2) is 4.98 Å². The third kappa shape index (κ3) is 2.83. The van der Waals surface area contributed by atoms with Crippen molar-refractivity contribution in [2.45, 2.75) is 65.2 Å². The number of oxazole rings is 1. The molecule has 1 atom stereocenters. The van der Waals surface area contributed by atoms with Crippen LogP contribution in [-0.4, -0.2) is 4.98 Å². The average Bonchev–Trinajstić information content (AvgIpc) is 2.56. The van der Waals surface area contributed by atoms with Gasteiger partial charge in [0.1, 0.15) is 5.69 Å². The van der Waals surface area contributed by atoms with Crippen LogP contribution in [0, 0.1) is 12.9 Å². The van der Waals surface area contributed by atoms with E-state index in [1.807, 2.05) is 0 Å². The Morgan fingerprint density at radius 1 is 1.25 bits per heavy atom. The zero-order valence-corrected chi connectivity index (χ0v) is 10.8. The largest absolute Gasteiger partial charge is 0.416 e. The first kappa shape index (κ1) is 13.2. The number of aromatic nitrogens is 1. The van der Waals surface area contributed by atoms with E-state index in [4.69, 9.17) is 4.42 Å². The van der Waals surface area contributed by atoms with Crippen LogP contribution in [0.15, 0.2) is 4.42 Å². The van der Waals surface area contributed by atoms with Crippen molar-refractivity contribution in [2.24, 2.45) is 0 Å². The minimum Gasteiger partial charge on any atom is -0.416 e. The maximum atomic E-state index is 13.6. The average molecular weight is 227 g/mol. The molecule has 0 saturated carbocycles. The standard InChI is InChI=1S/C13H22FNO/c1-5-7-9-13(4,8-6-2)11-12(14)16-10(3)15-11/h5-9H2,1-4H3. The molecule has 0 radical (unpaired) electrons. The van der Waals surface area contributed by atoms with Crippen molar-refractivity contribution in [1.29, 1.82) is 0 Å². The van der Waals surface area contributed by atoms with Gasteiger partial charge < -0.3 is 4.42 Å². The van der Waals surface area contributed by atoms with E-state index < -0.39 is 6.01 Å². The summed E-state index contributed by atoms with van der Waals surface area (Å²) in [5, 5.41) is 0. The molecule has 2 nitrogen and oxygen atoms in total. The molecule has 0 bridgehead atoms. The number of hydrogen-bond acceptors (Lipinski definition) is 2. The minimum atomic E-state index is -0.496. The Balaban J connectivity index is 2.95. The fourth-order valence-corrected chi connectivity index (χ4v) is 2.25. The summed E-state index contributed by atoms with van der Waals surface area (Å²) in [6.07, 6.45) is 5.18. The quantitative estimate of drug-likeness (QED) is 0.721.